The molecule has 0 unspecified atom stereocenters. The fraction of sp³-hybridized carbons (Fsp3) is 0.357. The van der Waals surface area contributed by atoms with Crippen LogP contribution in [-0.2, 0) is 19.7 Å². The number of benzene rings is 2. The number of nitrogens with zero attached hydrogens (tertiary/aromatic N) is 1. The van der Waals surface area contributed by atoms with Crippen LogP contribution in [0.5, 0.6) is 11.5 Å². The fourth-order valence-corrected chi connectivity index (χ4v) is 6.70. The van der Waals surface area contributed by atoms with Crippen molar-refractivity contribution in [2.75, 3.05) is 13.7 Å². The highest BCUT2D eigenvalue weighted by atomic mass is 35.5. The molecule has 0 saturated carbocycles. The average molecular weight is 542 g/mol. The molecule has 0 saturated heterocycles. The zero-order valence-corrected chi connectivity index (χ0v) is 22.3. The highest BCUT2D eigenvalue weighted by molar-refractivity contribution is 7.87. The number of halogens is 1. The van der Waals surface area contributed by atoms with Gasteiger partial charge in [0.25, 0.3) is 0 Å². The monoisotopic (exact) mass is 541 g/mol. The van der Waals surface area contributed by atoms with Gasteiger partial charge in [-0.25, -0.2) is 0 Å². The average Bonchev–Trinajstić information content (AvgIpc) is 2.88. The second-order valence-electron chi connectivity index (χ2n) is 9.35. The number of ether oxygens (including phenoxy) is 1. The fourth-order valence-electron chi connectivity index (χ4n) is 5.63. The van der Waals surface area contributed by atoms with Crippen molar-refractivity contribution in [3.63, 3.8) is 0 Å². The number of hydrogen-bond acceptors (Lipinski definition) is 7. The standard InChI is InChI=1S/C28H28ClNO6S/c1-3-30-20-6-4-8-22(31)27(20)26(28-21(30)7-5-9-23(28)32)17-10-15-24(25(16-17)35-2)36-37(33,34)19-13-11-18(29)12-14-19/h10-16,26H,3-9H2,1-2H3. The molecule has 7 nitrogen and oxygen atoms in total. The van der Waals surface area contributed by atoms with Gasteiger partial charge in [-0.3, -0.25) is 9.59 Å². The summed E-state index contributed by atoms with van der Waals surface area (Å²) in [6, 6.07) is 10.6. The minimum atomic E-state index is -4.14. The SMILES string of the molecule is CCN1C2=C(C(=O)CCC2)C(c2ccc(OS(=O)(=O)c3ccc(Cl)cc3)c(OC)c2)C2=C1CCCC2=O. The summed E-state index contributed by atoms with van der Waals surface area (Å²) in [6.45, 7) is 2.74. The molecule has 0 atom stereocenters. The lowest BCUT2D eigenvalue weighted by atomic mass is 9.71. The second kappa shape index (κ2) is 9.99. The number of rotatable bonds is 6. The van der Waals surface area contributed by atoms with Crippen molar-refractivity contribution in [1.82, 2.24) is 4.90 Å². The van der Waals surface area contributed by atoms with Crippen LogP contribution in [0.1, 0.15) is 56.9 Å². The van der Waals surface area contributed by atoms with Gasteiger partial charge in [-0.15, -0.1) is 0 Å². The number of hydrogen-bond donors (Lipinski definition) is 0. The lowest BCUT2D eigenvalue weighted by molar-refractivity contribution is -0.117. The molecule has 0 amide bonds. The largest absolute Gasteiger partial charge is 0.493 e. The lowest BCUT2D eigenvalue weighted by Crippen LogP contribution is -2.39. The van der Waals surface area contributed by atoms with E-state index < -0.39 is 16.0 Å². The summed E-state index contributed by atoms with van der Waals surface area (Å²) in [7, 11) is -2.71. The molecule has 5 rings (SSSR count). The lowest BCUT2D eigenvalue weighted by Gasteiger charge is -2.43. The molecule has 0 fully saturated rings. The third-order valence-corrected chi connectivity index (χ3v) is 8.73. The van der Waals surface area contributed by atoms with Crippen molar-refractivity contribution in [3.8, 4) is 11.5 Å². The first kappa shape index (κ1) is 25.5. The van der Waals surface area contributed by atoms with E-state index in [1.807, 2.05) is 6.92 Å². The molecule has 0 spiro atoms. The van der Waals surface area contributed by atoms with E-state index in [1.165, 1.54) is 37.4 Å². The van der Waals surface area contributed by atoms with Gasteiger partial charge in [0.2, 0.25) is 0 Å². The number of carbonyl (C=O) groups excluding carboxylic acids is 2. The molecule has 0 bridgehead atoms. The van der Waals surface area contributed by atoms with Crippen LogP contribution in [0.3, 0.4) is 0 Å². The van der Waals surface area contributed by atoms with Gasteiger partial charge in [-0.05, 0) is 74.6 Å². The van der Waals surface area contributed by atoms with Crippen molar-refractivity contribution in [2.45, 2.75) is 56.3 Å². The van der Waals surface area contributed by atoms with Crippen LogP contribution < -0.4 is 8.92 Å². The number of methoxy groups -OCH3 is 1. The summed E-state index contributed by atoms with van der Waals surface area (Å²) in [5, 5.41) is 0.409. The van der Waals surface area contributed by atoms with Gasteiger partial charge in [0.15, 0.2) is 23.1 Å². The summed E-state index contributed by atoms with van der Waals surface area (Å²) in [6.07, 6.45) is 4.04. The van der Waals surface area contributed by atoms with Crippen LogP contribution in [0.4, 0.5) is 0 Å². The first-order valence-electron chi connectivity index (χ1n) is 12.4. The first-order valence-corrected chi connectivity index (χ1v) is 14.2. The maximum Gasteiger partial charge on any atom is 0.339 e. The zero-order chi connectivity index (χ0) is 26.3. The maximum atomic E-state index is 13.3. The molecular formula is C28H28ClNO6S. The van der Waals surface area contributed by atoms with Crippen LogP contribution in [0.25, 0.3) is 0 Å². The molecular weight excluding hydrogens is 514 g/mol. The van der Waals surface area contributed by atoms with Gasteiger partial charge in [0.1, 0.15) is 4.90 Å². The molecule has 2 aromatic carbocycles. The van der Waals surface area contributed by atoms with E-state index in [2.05, 4.69) is 4.90 Å². The van der Waals surface area contributed by atoms with Gasteiger partial charge in [-0.1, -0.05) is 17.7 Å². The van der Waals surface area contributed by atoms with Crippen molar-refractivity contribution in [2.24, 2.45) is 0 Å². The van der Waals surface area contributed by atoms with Crippen LogP contribution in [0.15, 0.2) is 69.9 Å². The van der Waals surface area contributed by atoms with E-state index in [0.29, 0.717) is 41.1 Å². The zero-order valence-electron chi connectivity index (χ0n) is 20.8. The Hall–Kier alpha value is -3.10. The Morgan fingerprint density at radius 1 is 0.892 bits per heavy atom. The predicted molar refractivity (Wildman–Crippen MR) is 139 cm³/mol. The molecule has 0 radical (unpaired) electrons. The summed E-state index contributed by atoms with van der Waals surface area (Å²) in [4.78, 5) is 28.7. The Morgan fingerprint density at radius 3 is 2.03 bits per heavy atom. The number of carbonyl (C=O) groups is 2. The summed E-state index contributed by atoms with van der Waals surface area (Å²) in [5.41, 5.74) is 4.05. The van der Waals surface area contributed by atoms with Gasteiger partial charge in [-0.2, -0.15) is 8.42 Å². The highest BCUT2D eigenvalue weighted by Crippen LogP contribution is 2.50. The molecule has 37 heavy (non-hydrogen) atoms. The third-order valence-electron chi connectivity index (χ3n) is 7.23. The minimum absolute atomic E-state index is 0.0144. The van der Waals surface area contributed by atoms with Crippen LogP contribution in [0, 0.1) is 0 Å². The van der Waals surface area contributed by atoms with Crippen molar-refractivity contribution in [3.05, 3.63) is 75.6 Å². The van der Waals surface area contributed by atoms with Crippen molar-refractivity contribution in [1.29, 1.82) is 0 Å². The molecule has 9 heteroatoms. The van der Waals surface area contributed by atoms with E-state index in [1.54, 1.807) is 12.1 Å². The number of allylic oxidation sites excluding steroid dienone is 4. The maximum absolute atomic E-state index is 13.3. The predicted octanol–water partition coefficient (Wildman–Crippen LogP) is 5.55. The smallest absolute Gasteiger partial charge is 0.339 e. The summed E-state index contributed by atoms with van der Waals surface area (Å²) < 4.78 is 36.7. The second-order valence-corrected chi connectivity index (χ2v) is 11.3. The number of ketones is 2. The van der Waals surface area contributed by atoms with Crippen molar-refractivity contribution >= 4 is 33.3 Å². The Bertz CT molecular complexity index is 1400. The first-order chi connectivity index (χ1) is 17.7. The molecule has 0 N–H and O–H groups in total. The quantitative estimate of drug-likeness (QED) is 0.443. The van der Waals surface area contributed by atoms with Crippen molar-refractivity contribution < 1.29 is 26.9 Å². The van der Waals surface area contributed by atoms with Gasteiger partial charge >= 0.3 is 10.1 Å². The van der Waals surface area contributed by atoms with Crippen LogP contribution in [0.2, 0.25) is 5.02 Å². The molecule has 3 aliphatic rings. The Balaban J connectivity index is 1.59. The van der Waals surface area contributed by atoms with Gasteiger partial charge < -0.3 is 13.8 Å². The normalized spacial score (nSPS) is 18.6. The third kappa shape index (κ3) is 4.57. The van der Waals surface area contributed by atoms with Crippen LogP contribution in [-0.4, -0.2) is 38.5 Å². The van der Waals surface area contributed by atoms with E-state index in [4.69, 9.17) is 20.5 Å². The summed E-state index contributed by atoms with van der Waals surface area (Å²) in [5.74, 6) is -0.188. The van der Waals surface area contributed by atoms with Gasteiger partial charge in [0.05, 0.1) is 7.11 Å². The molecule has 2 aromatic rings. The molecule has 0 aromatic heterocycles. The molecule has 194 valence electrons. The van der Waals surface area contributed by atoms with E-state index in [9.17, 15) is 18.0 Å². The van der Waals surface area contributed by atoms with E-state index >= 15 is 0 Å². The topological polar surface area (TPSA) is 90.0 Å². The summed E-state index contributed by atoms with van der Waals surface area (Å²) >= 11 is 5.88. The van der Waals surface area contributed by atoms with Gasteiger partial charge in [0, 0.05) is 52.9 Å². The van der Waals surface area contributed by atoms with Crippen LogP contribution >= 0.6 is 11.6 Å². The minimum Gasteiger partial charge on any atom is -0.493 e. The molecule has 1 aliphatic heterocycles. The highest BCUT2D eigenvalue weighted by Gasteiger charge is 2.43. The number of Topliss-reactive ketones (excluding diaryl/α,β-unsaturated/α-hetero) is 2. The van der Waals surface area contributed by atoms with E-state index in [-0.39, 0.29) is 28.0 Å². The van der Waals surface area contributed by atoms with E-state index in [0.717, 1.165) is 37.1 Å². The molecule has 1 heterocycles. The Morgan fingerprint density at radius 2 is 1.49 bits per heavy atom. The molecule has 2 aliphatic carbocycles. The Labute approximate surface area is 221 Å². The Kier molecular flexibility index (Phi) is 6.89.